The Morgan fingerprint density at radius 1 is 1.24 bits per heavy atom. The van der Waals surface area contributed by atoms with Gasteiger partial charge in [-0.3, -0.25) is 0 Å². The molecule has 0 aliphatic carbocycles. The van der Waals surface area contributed by atoms with E-state index in [0.717, 1.165) is 26.8 Å². The van der Waals surface area contributed by atoms with Gasteiger partial charge in [0.1, 0.15) is 6.07 Å². The highest BCUT2D eigenvalue weighted by Crippen LogP contribution is 2.28. The first-order valence-corrected chi connectivity index (χ1v) is 7.55. The van der Waals surface area contributed by atoms with Crippen LogP contribution in [0.4, 0.5) is 5.69 Å². The highest BCUT2D eigenvalue weighted by atomic mass is 79.9. The fourth-order valence-corrected chi connectivity index (χ4v) is 2.87. The van der Waals surface area contributed by atoms with Crippen LogP contribution in [0.25, 0.3) is 10.9 Å². The number of fused-ring (bicyclic) bond motifs is 1. The Bertz CT molecular complexity index is 848. The lowest BCUT2D eigenvalue weighted by Crippen LogP contribution is -2.02. The lowest BCUT2D eigenvalue weighted by atomic mass is 10.2. The van der Waals surface area contributed by atoms with E-state index in [4.69, 9.17) is 16.9 Å². The van der Waals surface area contributed by atoms with Gasteiger partial charge in [0.25, 0.3) is 0 Å². The van der Waals surface area contributed by atoms with Crippen molar-refractivity contribution >= 4 is 44.1 Å². The van der Waals surface area contributed by atoms with Gasteiger partial charge in [0.05, 0.1) is 28.5 Å². The monoisotopic (exact) mass is 359 g/mol. The summed E-state index contributed by atoms with van der Waals surface area (Å²) in [6, 6.07) is 15.6. The van der Waals surface area contributed by atoms with Crippen LogP contribution in [0.5, 0.6) is 0 Å². The van der Waals surface area contributed by atoms with Crippen LogP contribution in [0.15, 0.2) is 46.9 Å². The summed E-state index contributed by atoms with van der Waals surface area (Å²) in [5.41, 5.74) is 3.30. The predicted molar refractivity (Wildman–Crippen MR) is 89.5 cm³/mol. The maximum atomic E-state index is 9.16. The minimum absolute atomic E-state index is 0.532. The Labute approximate surface area is 135 Å². The van der Waals surface area contributed by atoms with Crippen LogP contribution in [-0.4, -0.2) is 4.98 Å². The summed E-state index contributed by atoms with van der Waals surface area (Å²) in [6.45, 7) is 0.532. The summed E-state index contributed by atoms with van der Waals surface area (Å²) in [7, 11) is 0. The summed E-state index contributed by atoms with van der Waals surface area (Å²) >= 11 is 9.74. The Balaban J connectivity index is 1.87. The molecule has 0 atom stereocenters. The van der Waals surface area contributed by atoms with Gasteiger partial charge in [-0.2, -0.15) is 5.26 Å². The van der Waals surface area contributed by atoms with Crippen molar-refractivity contribution in [3.63, 3.8) is 0 Å². The topological polar surface area (TPSA) is 51.6 Å². The van der Waals surface area contributed by atoms with Crippen LogP contribution in [-0.2, 0) is 6.54 Å². The van der Waals surface area contributed by atoms with E-state index in [1.807, 2.05) is 36.4 Å². The Morgan fingerprint density at radius 3 is 2.81 bits per heavy atom. The number of benzene rings is 2. The van der Waals surface area contributed by atoms with Crippen LogP contribution in [0, 0.1) is 11.3 Å². The minimum Gasteiger partial charge on any atom is -0.378 e. The molecule has 0 saturated heterocycles. The normalized spacial score (nSPS) is 10.5. The molecule has 3 rings (SSSR count). The van der Waals surface area contributed by atoms with Crippen molar-refractivity contribution in [1.82, 2.24) is 4.98 Å². The molecule has 3 aromatic rings. The Hall–Kier alpha value is -1.96. The molecule has 1 heterocycles. The molecule has 0 bridgehead atoms. The lowest BCUT2D eigenvalue weighted by Gasteiger charge is -2.08. The number of aromatic amines is 1. The quantitative estimate of drug-likeness (QED) is 0.685. The average molecular weight is 361 g/mol. The Kier molecular flexibility index (Phi) is 3.87. The fourth-order valence-electron chi connectivity index (χ4n) is 2.23. The minimum atomic E-state index is 0.532. The van der Waals surface area contributed by atoms with Crippen LogP contribution in [0.2, 0.25) is 5.02 Å². The molecular formula is C16H11BrClN3. The SMILES string of the molecule is N#Cc1cc(Br)ccc1NCc1[nH]c2ccccc2c1Cl. The van der Waals surface area contributed by atoms with Gasteiger partial charge in [-0.15, -0.1) is 0 Å². The second-order valence-electron chi connectivity index (χ2n) is 4.62. The average Bonchev–Trinajstić information content (AvgIpc) is 2.83. The van der Waals surface area contributed by atoms with Crippen LogP contribution < -0.4 is 5.32 Å². The third kappa shape index (κ3) is 2.76. The number of hydrogen-bond acceptors (Lipinski definition) is 2. The molecule has 2 aromatic carbocycles. The first-order valence-electron chi connectivity index (χ1n) is 6.37. The van der Waals surface area contributed by atoms with E-state index in [-0.39, 0.29) is 0 Å². The van der Waals surface area contributed by atoms with E-state index in [2.05, 4.69) is 32.3 Å². The van der Waals surface area contributed by atoms with E-state index in [1.54, 1.807) is 6.07 Å². The second kappa shape index (κ2) is 5.80. The molecule has 0 saturated carbocycles. The summed E-state index contributed by atoms with van der Waals surface area (Å²) in [5.74, 6) is 0. The highest BCUT2D eigenvalue weighted by Gasteiger charge is 2.09. The molecular weight excluding hydrogens is 350 g/mol. The fraction of sp³-hybridized carbons (Fsp3) is 0.0625. The van der Waals surface area contributed by atoms with Gasteiger partial charge >= 0.3 is 0 Å². The van der Waals surface area contributed by atoms with Crippen molar-refractivity contribution in [2.75, 3.05) is 5.32 Å². The van der Waals surface area contributed by atoms with Crippen molar-refractivity contribution in [1.29, 1.82) is 5.26 Å². The van der Waals surface area contributed by atoms with Gasteiger partial charge in [0.2, 0.25) is 0 Å². The zero-order chi connectivity index (χ0) is 14.8. The summed E-state index contributed by atoms with van der Waals surface area (Å²) < 4.78 is 0.883. The summed E-state index contributed by atoms with van der Waals surface area (Å²) in [6.07, 6.45) is 0. The number of anilines is 1. The van der Waals surface area contributed by atoms with Crippen molar-refractivity contribution in [2.45, 2.75) is 6.54 Å². The maximum Gasteiger partial charge on any atom is 0.101 e. The Morgan fingerprint density at radius 2 is 2.05 bits per heavy atom. The molecule has 21 heavy (non-hydrogen) atoms. The van der Waals surface area contributed by atoms with Crippen molar-refractivity contribution in [3.8, 4) is 6.07 Å². The maximum absolute atomic E-state index is 9.16. The molecule has 0 unspecified atom stereocenters. The van der Waals surface area contributed by atoms with Gasteiger partial charge in [0, 0.05) is 15.4 Å². The molecule has 0 fully saturated rings. The molecule has 0 amide bonds. The van der Waals surface area contributed by atoms with E-state index >= 15 is 0 Å². The number of hydrogen-bond donors (Lipinski definition) is 2. The van der Waals surface area contributed by atoms with Gasteiger partial charge in [-0.05, 0) is 24.3 Å². The second-order valence-corrected chi connectivity index (χ2v) is 5.91. The van der Waals surface area contributed by atoms with E-state index in [1.165, 1.54) is 0 Å². The highest BCUT2D eigenvalue weighted by molar-refractivity contribution is 9.10. The lowest BCUT2D eigenvalue weighted by molar-refractivity contribution is 1.08. The summed E-state index contributed by atoms with van der Waals surface area (Å²) in [5, 5.41) is 14.1. The zero-order valence-electron chi connectivity index (χ0n) is 11.0. The van der Waals surface area contributed by atoms with Crippen molar-refractivity contribution in [2.24, 2.45) is 0 Å². The first kappa shape index (κ1) is 14.0. The number of aromatic nitrogens is 1. The number of nitrogens with one attached hydrogen (secondary N) is 2. The van der Waals surface area contributed by atoms with Gasteiger partial charge in [0.15, 0.2) is 0 Å². The van der Waals surface area contributed by atoms with E-state index in [9.17, 15) is 0 Å². The third-order valence-corrected chi connectivity index (χ3v) is 4.20. The molecule has 0 aliphatic heterocycles. The third-order valence-electron chi connectivity index (χ3n) is 3.27. The largest absolute Gasteiger partial charge is 0.378 e. The molecule has 0 radical (unpaired) electrons. The van der Waals surface area contributed by atoms with E-state index in [0.29, 0.717) is 17.1 Å². The number of para-hydroxylation sites is 1. The number of H-pyrrole nitrogens is 1. The van der Waals surface area contributed by atoms with Crippen molar-refractivity contribution < 1.29 is 0 Å². The van der Waals surface area contributed by atoms with Crippen LogP contribution in [0.3, 0.4) is 0 Å². The summed E-state index contributed by atoms with van der Waals surface area (Å²) in [4.78, 5) is 3.30. The van der Waals surface area contributed by atoms with E-state index < -0.39 is 0 Å². The number of nitriles is 1. The zero-order valence-corrected chi connectivity index (χ0v) is 13.3. The molecule has 104 valence electrons. The van der Waals surface area contributed by atoms with Crippen LogP contribution >= 0.6 is 27.5 Å². The van der Waals surface area contributed by atoms with Gasteiger partial charge in [-0.25, -0.2) is 0 Å². The predicted octanol–water partition coefficient (Wildman–Crippen LogP) is 5.07. The van der Waals surface area contributed by atoms with Crippen LogP contribution in [0.1, 0.15) is 11.3 Å². The molecule has 5 heteroatoms. The smallest absolute Gasteiger partial charge is 0.101 e. The van der Waals surface area contributed by atoms with Crippen molar-refractivity contribution in [3.05, 3.63) is 63.2 Å². The molecule has 2 N–H and O–H groups in total. The number of halogens is 2. The van der Waals surface area contributed by atoms with Gasteiger partial charge in [-0.1, -0.05) is 45.7 Å². The first-order chi connectivity index (χ1) is 10.2. The van der Waals surface area contributed by atoms with Gasteiger partial charge < -0.3 is 10.3 Å². The molecule has 0 aliphatic rings. The number of rotatable bonds is 3. The number of nitrogens with zero attached hydrogens (tertiary/aromatic N) is 1. The molecule has 0 spiro atoms. The standard InChI is InChI=1S/C16H11BrClN3/c17-11-5-6-13(10(7-11)8-19)20-9-15-16(18)12-3-1-2-4-14(12)21-15/h1-7,20-21H,9H2. The molecule has 1 aromatic heterocycles. The molecule has 3 nitrogen and oxygen atoms in total.